The Morgan fingerprint density at radius 1 is 1.50 bits per heavy atom. The third-order valence-electron chi connectivity index (χ3n) is 2.99. The van der Waals surface area contributed by atoms with Crippen molar-refractivity contribution in [3.63, 3.8) is 0 Å². The van der Waals surface area contributed by atoms with Crippen LogP contribution in [0.1, 0.15) is 19.3 Å². The van der Waals surface area contributed by atoms with E-state index in [2.05, 4.69) is 36.5 Å². The Bertz CT molecular complexity index is 152. The molecule has 0 aromatic carbocycles. The molecule has 14 heavy (non-hydrogen) atoms. The van der Waals surface area contributed by atoms with Crippen molar-refractivity contribution in [3.8, 4) is 0 Å². The minimum Gasteiger partial charge on any atom is -0.306 e. The molecule has 0 bridgehead atoms. The monoisotopic (exact) mass is 216 g/mol. The maximum Gasteiger partial charge on any atom is 0.00188 e. The van der Waals surface area contributed by atoms with E-state index in [-0.39, 0.29) is 0 Å². The Hall–Kier alpha value is 0.270. The number of thiol groups is 1. The largest absolute Gasteiger partial charge is 0.306 e. The molecule has 2 nitrogen and oxygen atoms in total. The highest BCUT2D eigenvalue weighted by Gasteiger charge is 2.18. The Labute approximate surface area is 94.1 Å². The second-order valence-electron chi connectivity index (χ2n) is 4.61. The van der Waals surface area contributed by atoms with Crippen LogP contribution in [0.5, 0.6) is 0 Å². The summed E-state index contributed by atoms with van der Waals surface area (Å²) < 4.78 is 0. The summed E-state index contributed by atoms with van der Waals surface area (Å²) in [5, 5.41) is 0. The van der Waals surface area contributed by atoms with Crippen molar-refractivity contribution in [1.82, 2.24) is 9.80 Å². The molecule has 1 heterocycles. The fourth-order valence-electron chi connectivity index (χ4n) is 2.29. The van der Waals surface area contributed by atoms with Crippen molar-refractivity contribution in [2.75, 3.05) is 46.0 Å². The predicted molar refractivity (Wildman–Crippen MR) is 66.2 cm³/mol. The number of hydrogen-bond donors (Lipinski definition) is 1. The first-order chi connectivity index (χ1) is 6.72. The highest BCUT2D eigenvalue weighted by atomic mass is 32.1. The van der Waals surface area contributed by atoms with Crippen LogP contribution in [0.15, 0.2) is 0 Å². The number of piperidine rings is 1. The van der Waals surface area contributed by atoms with Gasteiger partial charge in [-0.05, 0) is 58.1 Å². The van der Waals surface area contributed by atoms with E-state index in [0.29, 0.717) is 0 Å². The lowest BCUT2D eigenvalue weighted by Gasteiger charge is -2.32. The molecule has 0 aromatic rings. The van der Waals surface area contributed by atoms with Gasteiger partial charge in [-0.15, -0.1) is 0 Å². The molecule has 1 atom stereocenters. The summed E-state index contributed by atoms with van der Waals surface area (Å²) in [5.74, 6) is 1.90. The van der Waals surface area contributed by atoms with Gasteiger partial charge in [0.05, 0.1) is 0 Å². The molecule has 0 spiro atoms. The normalized spacial score (nSPS) is 24.4. The first-order valence-corrected chi connectivity index (χ1v) is 6.33. The molecule has 0 amide bonds. The lowest BCUT2D eigenvalue weighted by Crippen LogP contribution is -2.38. The third kappa shape index (κ3) is 4.67. The van der Waals surface area contributed by atoms with Crippen molar-refractivity contribution in [3.05, 3.63) is 0 Å². The van der Waals surface area contributed by atoms with Crippen LogP contribution in [-0.2, 0) is 0 Å². The molecule has 1 aliphatic rings. The Morgan fingerprint density at radius 2 is 2.29 bits per heavy atom. The van der Waals surface area contributed by atoms with Gasteiger partial charge in [-0.2, -0.15) is 12.6 Å². The fraction of sp³-hybridized carbons (Fsp3) is 1.00. The Morgan fingerprint density at radius 3 is 2.93 bits per heavy atom. The minimum absolute atomic E-state index is 0.888. The summed E-state index contributed by atoms with van der Waals surface area (Å²) in [6, 6.07) is 0. The SMILES string of the molecule is CN(CCCS)CC1CCCN(C)C1. The van der Waals surface area contributed by atoms with Crippen LogP contribution < -0.4 is 0 Å². The fourth-order valence-corrected chi connectivity index (χ4v) is 2.44. The molecule has 0 aliphatic carbocycles. The van der Waals surface area contributed by atoms with Crippen molar-refractivity contribution < 1.29 is 0 Å². The van der Waals surface area contributed by atoms with E-state index in [1.165, 1.54) is 45.4 Å². The van der Waals surface area contributed by atoms with Crippen LogP contribution in [-0.4, -0.2) is 55.8 Å². The highest BCUT2D eigenvalue weighted by Crippen LogP contribution is 2.15. The molecule has 0 saturated carbocycles. The molecule has 0 radical (unpaired) electrons. The van der Waals surface area contributed by atoms with Gasteiger partial charge in [0, 0.05) is 13.1 Å². The standard InChI is InChI=1S/C11H24N2S/c1-12-6-3-5-11(9-12)10-13(2)7-4-8-14/h11,14H,3-10H2,1-2H3. The van der Waals surface area contributed by atoms with Crippen molar-refractivity contribution >= 4 is 12.6 Å². The lowest BCUT2D eigenvalue weighted by molar-refractivity contribution is 0.167. The average molecular weight is 216 g/mol. The quantitative estimate of drug-likeness (QED) is 0.697. The zero-order valence-electron chi connectivity index (χ0n) is 9.58. The zero-order valence-corrected chi connectivity index (χ0v) is 10.5. The van der Waals surface area contributed by atoms with E-state index in [1.807, 2.05) is 0 Å². The molecule has 1 aliphatic heterocycles. The van der Waals surface area contributed by atoms with Crippen molar-refractivity contribution in [1.29, 1.82) is 0 Å². The first kappa shape index (κ1) is 12.3. The van der Waals surface area contributed by atoms with Gasteiger partial charge in [0.1, 0.15) is 0 Å². The second kappa shape index (κ2) is 6.70. The Kier molecular flexibility index (Phi) is 5.90. The van der Waals surface area contributed by atoms with E-state index in [9.17, 15) is 0 Å². The smallest absolute Gasteiger partial charge is 0.00188 e. The average Bonchev–Trinajstić information content (AvgIpc) is 2.15. The van der Waals surface area contributed by atoms with Crippen molar-refractivity contribution in [2.45, 2.75) is 19.3 Å². The lowest BCUT2D eigenvalue weighted by atomic mass is 9.98. The van der Waals surface area contributed by atoms with Gasteiger partial charge in [0.25, 0.3) is 0 Å². The van der Waals surface area contributed by atoms with Crippen LogP contribution >= 0.6 is 12.6 Å². The second-order valence-corrected chi connectivity index (χ2v) is 5.06. The number of likely N-dealkylation sites (tertiary alicyclic amines) is 1. The topological polar surface area (TPSA) is 6.48 Å². The predicted octanol–water partition coefficient (Wildman–Crippen LogP) is 1.58. The maximum absolute atomic E-state index is 4.24. The molecule has 1 rings (SSSR count). The van der Waals surface area contributed by atoms with E-state index < -0.39 is 0 Å². The molecule has 0 N–H and O–H groups in total. The van der Waals surface area contributed by atoms with Crippen LogP contribution in [0.4, 0.5) is 0 Å². The van der Waals surface area contributed by atoms with Gasteiger partial charge in [0.15, 0.2) is 0 Å². The van der Waals surface area contributed by atoms with Gasteiger partial charge in [-0.3, -0.25) is 0 Å². The number of rotatable bonds is 5. The van der Waals surface area contributed by atoms with Gasteiger partial charge >= 0.3 is 0 Å². The van der Waals surface area contributed by atoms with Crippen molar-refractivity contribution in [2.24, 2.45) is 5.92 Å². The highest BCUT2D eigenvalue weighted by molar-refractivity contribution is 7.80. The molecule has 84 valence electrons. The van der Waals surface area contributed by atoms with Crippen LogP contribution in [0.25, 0.3) is 0 Å². The molecule has 1 fully saturated rings. The summed E-state index contributed by atoms with van der Waals surface area (Å²) in [6.07, 6.45) is 4.00. The van der Waals surface area contributed by atoms with Gasteiger partial charge in [-0.1, -0.05) is 0 Å². The Balaban J connectivity index is 2.15. The summed E-state index contributed by atoms with van der Waals surface area (Å²) >= 11 is 4.24. The van der Waals surface area contributed by atoms with Gasteiger partial charge < -0.3 is 9.80 Å². The maximum atomic E-state index is 4.24. The summed E-state index contributed by atoms with van der Waals surface area (Å²) in [5.41, 5.74) is 0. The summed E-state index contributed by atoms with van der Waals surface area (Å²) in [6.45, 7) is 5.03. The zero-order chi connectivity index (χ0) is 10.4. The molecule has 3 heteroatoms. The van der Waals surface area contributed by atoms with E-state index >= 15 is 0 Å². The first-order valence-electron chi connectivity index (χ1n) is 5.70. The van der Waals surface area contributed by atoms with Gasteiger partial charge in [0.2, 0.25) is 0 Å². The number of nitrogens with zero attached hydrogens (tertiary/aromatic N) is 2. The van der Waals surface area contributed by atoms with Crippen LogP contribution in [0, 0.1) is 5.92 Å². The summed E-state index contributed by atoms with van der Waals surface area (Å²) in [4.78, 5) is 4.92. The molecule has 1 saturated heterocycles. The molecule has 1 unspecified atom stereocenters. The minimum atomic E-state index is 0.888. The summed E-state index contributed by atoms with van der Waals surface area (Å²) in [7, 11) is 4.47. The number of hydrogen-bond acceptors (Lipinski definition) is 3. The van der Waals surface area contributed by atoms with Crippen LogP contribution in [0.3, 0.4) is 0 Å². The van der Waals surface area contributed by atoms with E-state index in [1.54, 1.807) is 0 Å². The van der Waals surface area contributed by atoms with E-state index in [4.69, 9.17) is 0 Å². The van der Waals surface area contributed by atoms with Gasteiger partial charge in [-0.25, -0.2) is 0 Å². The van der Waals surface area contributed by atoms with E-state index in [0.717, 1.165) is 11.7 Å². The third-order valence-corrected chi connectivity index (χ3v) is 3.31. The molecular formula is C11H24N2S. The van der Waals surface area contributed by atoms with Crippen LogP contribution in [0.2, 0.25) is 0 Å². The molecule has 0 aromatic heterocycles. The molecular weight excluding hydrogens is 192 g/mol.